The fourth-order valence-electron chi connectivity index (χ4n) is 2.77. The number of aromatic amines is 1. The third kappa shape index (κ3) is 4.69. The third-order valence-corrected chi connectivity index (χ3v) is 4.11. The zero-order valence-electron chi connectivity index (χ0n) is 14.6. The molecule has 1 aromatic carbocycles. The first-order valence-electron chi connectivity index (χ1n) is 8.21. The Morgan fingerprint density at radius 3 is 2.71 bits per heavy atom. The summed E-state index contributed by atoms with van der Waals surface area (Å²) in [4.78, 5) is 17.4. The van der Waals surface area contributed by atoms with Crippen LogP contribution in [0.2, 0.25) is 0 Å². The predicted molar refractivity (Wildman–Crippen MR) is 95.8 cm³/mol. The van der Waals surface area contributed by atoms with Gasteiger partial charge in [0.2, 0.25) is 5.91 Å². The molecule has 0 aliphatic rings. The molecule has 5 heteroatoms. The van der Waals surface area contributed by atoms with E-state index in [-0.39, 0.29) is 12.2 Å². The van der Waals surface area contributed by atoms with Crippen LogP contribution in [-0.2, 0) is 20.7 Å². The van der Waals surface area contributed by atoms with Gasteiger partial charge in [0.1, 0.15) is 0 Å². The van der Waals surface area contributed by atoms with E-state index < -0.39 is 0 Å². The van der Waals surface area contributed by atoms with Crippen LogP contribution in [0.1, 0.15) is 18.9 Å². The third-order valence-electron chi connectivity index (χ3n) is 4.11. The van der Waals surface area contributed by atoms with Crippen LogP contribution >= 0.6 is 0 Å². The molecule has 2 rings (SSSR count). The minimum Gasteiger partial charge on any atom is -0.361 e. The molecule has 0 aliphatic heterocycles. The van der Waals surface area contributed by atoms with Crippen molar-refractivity contribution in [1.82, 2.24) is 9.88 Å². The lowest BCUT2D eigenvalue weighted by molar-refractivity contribution is -0.130. The number of para-hydroxylation sites is 1. The maximum absolute atomic E-state index is 12.3. The summed E-state index contributed by atoms with van der Waals surface area (Å²) in [6.45, 7) is 3.10. The molecule has 0 unspecified atom stereocenters. The van der Waals surface area contributed by atoms with Gasteiger partial charge in [0.15, 0.2) is 6.29 Å². The van der Waals surface area contributed by atoms with Crippen molar-refractivity contribution in [3.05, 3.63) is 48.2 Å². The second-order valence-corrected chi connectivity index (χ2v) is 5.62. The van der Waals surface area contributed by atoms with E-state index in [1.54, 1.807) is 26.4 Å². The van der Waals surface area contributed by atoms with Gasteiger partial charge in [-0.1, -0.05) is 24.3 Å². The average Bonchev–Trinajstić information content (AvgIpc) is 3.01. The number of ether oxygens (including phenoxy) is 2. The van der Waals surface area contributed by atoms with E-state index in [4.69, 9.17) is 9.47 Å². The number of methoxy groups -OCH3 is 2. The minimum atomic E-state index is -0.293. The molecule has 1 heterocycles. The molecule has 0 saturated carbocycles. The van der Waals surface area contributed by atoms with Gasteiger partial charge in [-0.15, -0.1) is 0 Å². The van der Waals surface area contributed by atoms with E-state index in [1.807, 2.05) is 30.2 Å². The van der Waals surface area contributed by atoms with E-state index in [1.165, 1.54) is 10.9 Å². The quantitative estimate of drug-likeness (QED) is 0.568. The minimum absolute atomic E-state index is 0.0169. The molecule has 5 nitrogen and oxygen atoms in total. The number of aromatic nitrogens is 1. The van der Waals surface area contributed by atoms with E-state index in [2.05, 4.69) is 17.1 Å². The van der Waals surface area contributed by atoms with Crippen LogP contribution in [0.3, 0.4) is 0 Å². The van der Waals surface area contributed by atoms with Crippen molar-refractivity contribution in [2.75, 3.05) is 27.3 Å². The second-order valence-electron chi connectivity index (χ2n) is 5.62. The number of benzene rings is 1. The number of rotatable bonds is 9. The SMILES string of the molecule is CC=CC(=O)N(CCc1c[nH]c2ccccc12)CCC(OC)OC. The van der Waals surface area contributed by atoms with Gasteiger partial charge in [0, 0.05) is 50.8 Å². The molecule has 0 saturated heterocycles. The largest absolute Gasteiger partial charge is 0.361 e. The lowest BCUT2D eigenvalue weighted by Gasteiger charge is -2.23. The molecule has 1 aromatic heterocycles. The maximum Gasteiger partial charge on any atom is 0.246 e. The molecule has 1 amide bonds. The first-order chi connectivity index (χ1) is 11.7. The normalized spacial score (nSPS) is 11.7. The number of H-pyrrole nitrogens is 1. The summed E-state index contributed by atoms with van der Waals surface area (Å²) in [5.74, 6) is 0.0169. The number of nitrogens with one attached hydrogen (secondary N) is 1. The Balaban J connectivity index is 2.03. The molecule has 0 aliphatic carbocycles. The van der Waals surface area contributed by atoms with Crippen molar-refractivity contribution in [2.24, 2.45) is 0 Å². The number of allylic oxidation sites excluding steroid dienone is 1. The molecular formula is C19H26N2O3. The summed E-state index contributed by atoms with van der Waals surface area (Å²) in [6.07, 6.45) is 6.55. The Morgan fingerprint density at radius 1 is 1.25 bits per heavy atom. The van der Waals surface area contributed by atoms with Gasteiger partial charge in [-0.3, -0.25) is 4.79 Å². The lowest BCUT2D eigenvalue weighted by Crippen LogP contribution is -2.34. The standard InChI is InChI=1S/C19H26N2O3/c1-4-7-18(22)21(13-11-19(23-2)24-3)12-10-15-14-20-17-9-6-5-8-16(15)17/h4-9,14,19-20H,10-13H2,1-3H3. The van der Waals surface area contributed by atoms with Crippen LogP contribution in [0, 0.1) is 0 Å². The molecule has 0 spiro atoms. The number of hydrogen-bond donors (Lipinski definition) is 1. The number of hydrogen-bond acceptors (Lipinski definition) is 3. The molecular weight excluding hydrogens is 304 g/mol. The van der Waals surface area contributed by atoms with Crippen LogP contribution in [0.15, 0.2) is 42.6 Å². The second kappa shape index (κ2) is 9.25. The Labute approximate surface area is 143 Å². The summed E-state index contributed by atoms with van der Waals surface area (Å²) < 4.78 is 10.4. The zero-order chi connectivity index (χ0) is 17.4. The first-order valence-corrected chi connectivity index (χ1v) is 8.21. The van der Waals surface area contributed by atoms with Crippen LogP contribution in [0.4, 0.5) is 0 Å². The predicted octanol–water partition coefficient (Wildman–Crippen LogP) is 3.12. The van der Waals surface area contributed by atoms with Crippen molar-refractivity contribution in [3.8, 4) is 0 Å². The fraction of sp³-hybridized carbons (Fsp3) is 0.421. The van der Waals surface area contributed by atoms with Crippen LogP contribution < -0.4 is 0 Å². The van der Waals surface area contributed by atoms with Crippen molar-refractivity contribution < 1.29 is 14.3 Å². The molecule has 2 aromatic rings. The monoisotopic (exact) mass is 330 g/mol. The lowest BCUT2D eigenvalue weighted by atomic mass is 10.1. The number of carbonyl (C=O) groups excluding carboxylic acids is 1. The number of fused-ring (bicyclic) bond motifs is 1. The van der Waals surface area contributed by atoms with Crippen LogP contribution in [0.25, 0.3) is 10.9 Å². The van der Waals surface area contributed by atoms with Crippen molar-refractivity contribution in [2.45, 2.75) is 26.1 Å². The molecule has 0 bridgehead atoms. The van der Waals surface area contributed by atoms with Crippen LogP contribution in [-0.4, -0.2) is 49.4 Å². The maximum atomic E-state index is 12.3. The van der Waals surface area contributed by atoms with E-state index in [0.29, 0.717) is 19.5 Å². The van der Waals surface area contributed by atoms with E-state index in [0.717, 1.165) is 11.9 Å². The summed E-state index contributed by atoms with van der Waals surface area (Å²) in [5, 5.41) is 1.21. The number of carbonyl (C=O) groups is 1. The molecule has 24 heavy (non-hydrogen) atoms. The zero-order valence-corrected chi connectivity index (χ0v) is 14.6. The van der Waals surface area contributed by atoms with Crippen molar-refractivity contribution >= 4 is 16.8 Å². The summed E-state index contributed by atoms with van der Waals surface area (Å²) in [6, 6.07) is 8.21. The highest BCUT2D eigenvalue weighted by molar-refractivity contribution is 5.87. The highest BCUT2D eigenvalue weighted by atomic mass is 16.7. The van der Waals surface area contributed by atoms with E-state index >= 15 is 0 Å². The van der Waals surface area contributed by atoms with Gasteiger partial charge in [-0.2, -0.15) is 0 Å². The molecule has 1 N–H and O–H groups in total. The summed E-state index contributed by atoms with van der Waals surface area (Å²) >= 11 is 0. The number of amides is 1. The van der Waals surface area contributed by atoms with Gasteiger partial charge in [-0.05, 0) is 31.1 Å². The average molecular weight is 330 g/mol. The molecule has 0 radical (unpaired) electrons. The Hall–Kier alpha value is -2.11. The first kappa shape index (κ1) is 18.2. The molecule has 0 atom stereocenters. The Kier molecular flexibility index (Phi) is 7.03. The van der Waals surface area contributed by atoms with Gasteiger partial charge in [0.05, 0.1) is 0 Å². The van der Waals surface area contributed by atoms with E-state index in [9.17, 15) is 4.79 Å². The van der Waals surface area contributed by atoms with Crippen LogP contribution in [0.5, 0.6) is 0 Å². The summed E-state index contributed by atoms with van der Waals surface area (Å²) in [5.41, 5.74) is 2.34. The smallest absolute Gasteiger partial charge is 0.246 e. The topological polar surface area (TPSA) is 54.6 Å². The van der Waals surface area contributed by atoms with Gasteiger partial charge >= 0.3 is 0 Å². The van der Waals surface area contributed by atoms with Gasteiger partial charge in [-0.25, -0.2) is 0 Å². The van der Waals surface area contributed by atoms with Gasteiger partial charge in [0.25, 0.3) is 0 Å². The molecule has 130 valence electrons. The van der Waals surface area contributed by atoms with Gasteiger partial charge < -0.3 is 19.4 Å². The summed E-state index contributed by atoms with van der Waals surface area (Å²) in [7, 11) is 3.22. The van der Waals surface area contributed by atoms with Crippen molar-refractivity contribution in [1.29, 1.82) is 0 Å². The highest BCUT2D eigenvalue weighted by Gasteiger charge is 2.15. The molecule has 0 fully saturated rings. The Morgan fingerprint density at radius 2 is 2.00 bits per heavy atom. The number of nitrogens with zero attached hydrogens (tertiary/aromatic N) is 1. The fourth-order valence-corrected chi connectivity index (χ4v) is 2.77. The van der Waals surface area contributed by atoms with Crippen molar-refractivity contribution in [3.63, 3.8) is 0 Å². The highest BCUT2D eigenvalue weighted by Crippen LogP contribution is 2.18. The Bertz CT molecular complexity index is 674.